The molecule has 0 aliphatic heterocycles. The SMILES string of the molecule is [CH-]=C[Si](C)(C)O[Si](C)(C)C=C.[Pt]. The van der Waals surface area contributed by atoms with Crippen LogP contribution in [0.5, 0.6) is 0 Å². The van der Waals surface area contributed by atoms with Gasteiger partial charge in [0.05, 0.1) is 0 Å². The van der Waals surface area contributed by atoms with E-state index in [-0.39, 0.29) is 21.1 Å². The molecule has 0 aliphatic rings. The van der Waals surface area contributed by atoms with Crippen LogP contribution >= 0.6 is 0 Å². The van der Waals surface area contributed by atoms with Crippen molar-refractivity contribution < 1.29 is 25.2 Å². The third-order valence-corrected chi connectivity index (χ3v) is 7.41. The first-order valence-electron chi connectivity index (χ1n) is 3.73. The first kappa shape index (κ1) is 15.1. The molecule has 0 unspecified atom stereocenters. The summed E-state index contributed by atoms with van der Waals surface area (Å²) in [6.45, 7) is 17.6. The van der Waals surface area contributed by atoms with Gasteiger partial charge < -0.3 is 10.7 Å². The van der Waals surface area contributed by atoms with Gasteiger partial charge in [-0.3, -0.25) is 5.70 Å². The van der Waals surface area contributed by atoms with Gasteiger partial charge in [-0.15, -0.1) is 6.58 Å². The van der Waals surface area contributed by atoms with E-state index in [2.05, 4.69) is 32.8 Å². The van der Waals surface area contributed by atoms with E-state index >= 15 is 0 Å². The summed E-state index contributed by atoms with van der Waals surface area (Å²) in [6, 6.07) is 0. The van der Waals surface area contributed by atoms with Crippen molar-refractivity contribution >= 4 is 16.6 Å². The quantitative estimate of drug-likeness (QED) is 0.538. The first-order chi connectivity index (χ1) is 4.83. The average Bonchev–Trinajstić information content (AvgIpc) is 1.86. The molecular weight excluding hydrogens is 363 g/mol. The van der Waals surface area contributed by atoms with Crippen LogP contribution in [0, 0.1) is 6.58 Å². The molecule has 1 nitrogen and oxygen atoms in total. The Bertz CT molecular complexity index is 148. The van der Waals surface area contributed by atoms with Crippen LogP contribution in [0.4, 0.5) is 0 Å². The monoisotopic (exact) mass is 380 g/mol. The topological polar surface area (TPSA) is 9.23 Å². The van der Waals surface area contributed by atoms with Crippen molar-refractivity contribution in [3.8, 4) is 0 Å². The molecule has 0 aromatic carbocycles. The van der Waals surface area contributed by atoms with E-state index in [1.54, 1.807) is 5.70 Å². The average molecular weight is 380 g/mol. The Balaban J connectivity index is 0. The van der Waals surface area contributed by atoms with Gasteiger partial charge in [0, 0.05) is 21.1 Å². The maximum Gasteiger partial charge on any atom is 0.198 e. The predicted octanol–water partition coefficient (Wildman–Crippen LogP) is 2.66. The minimum Gasteiger partial charge on any atom is -0.520 e. The fraction of sp³-hybridized carbons (Fsp3) is 0.500. The van der Waals surface area contributed by atoms with E-state index in [9.17, 15) is 0 Å². The van der Waals surface area contributed by atoms with Gasteiger partial charge in [0.2, 0.25) is 0 Å². The van der Waals surface area contributed by atoms with E-state index in [0.717, 1.165) is 0 Å². The Morgan fingerprint density at radius 3 is 1.83 bits per heavy atom. The van der Waals surface area contributed by atoms with Crippen LogP contribution in [0.3, 0.4) is 0 Å². The van der Waals surface area contributed by atoms with Gasteiger partial charge in [0.15, 0.2) is 16.6 Å². The van der Waals surface area contributed by atoms with Crippen molar-refractivity contribution in [2.45, 2.75) is 26.2 Å². The molecule has 0 aromatic rings. The fourth-order valence-electron chi connectivity index (χ4n) is 0.754. The van der Waals surface area contributed by atoms with E-state index in [4.69, 9.17) is 10.7 Å². The zero-order valence-electron chi connectivity index (χ0n) is 8.16. The van der Waals surface area contributed by atoms with Crippen LogP contribution in [0.15, 0.2) is 18.0 Å². The second kappa shape index (κ2) is 5.33. The zero-order valence-corrected chi connectivity index (χ0v) is 12.4. The summed E-state index contributed by atoms with van der Waals surface area (Å²) in [6.07, 6.45) is 0. The molecule has 0 rings (SSSR count). The maximum atomic E-state index is 5.90. The van der Waals surface area contributed by atoms with Gasteiger partial charge >= 0.3 is 0 Å². The minimum atomic E-state index is -1.69. The first-order valence-corrected chi connectivity index (χ1v) is 9.70. The van der Waals surface area contributed by atoms with Gasteiger partial charge in [-0.05, 0) is 26.2 Å². The number of rotatable bonds is 4. The van der Waals surface area contributed by atoms with Gasteiger partial charge in [-0.2, -0.15) is 0 Å². The molecule has 0 N–H and O–H groups in total. The summed E-state index contributed by atoms with van der Waals surface area (Å²) in [4.78, 5) is 0. The molecular formula is C8H17OPtSi2-. The molecule has 0 amide bonds. The van der Waals surface area contributed by atoms with Crippen LogP contribution in [-0.4, -0.2) is 16.6 Å². The summed E-state index contributed by atoms with van der Waals surface area (Å²) >= 11 is 0. The van der Waals surface area contributed by atoms with Crippen molar-refractivity contribution in [2.75, 3.05) is 0 Å². The normalized spacial score (nSPS) is 11.7. The molecule has 12 heavy (non-hydrogen) atoms. The third kappa shape index (κ3) is 6.12. The van der Waals surface area contributed by atoms with Crippen molar-refractivity contribution in [2.24, 2.45) is 0 Å². The van der Waals surface area contributed by atoms with Gasteiger partial charge in [0.1, 0.15) is 0 Å². The van der Waals surface area contributed by atoms with Gasteiger partial charge in [-0.25, -0.2) is 0 Å². The smallest absolute Gasteiger partial charge is 0.198 e. The second-order valence-corrected chi connectivity index (χ2v) is 11.7. The zero-order chi connectivity index (χ0) is 9.12. The summed E-state index contributed by atoms with van der Waals surface area (Å²) in [5.74, 6) is 0. The second-order valence-electron chi connectivity index (χ2n) is 3.68. The van der Waals surface area contributed by atoms with Crippen LogP contribution in [0.2, 0.25) is 26.2 Å². The summed E-state index contributed by atoms with van der Waals surface area (Å²) in [5, 5.41) is 0. The van der Waals surface area contributed by atoms with Crippen molar-refractivity contribution in [3.05, 3.63) is 24.6 Å². The molecule has 74 valence electrons. The van der Waals surface area contributed by atoms with Gasteiger partial charge in [0.25, 0.3) is 0 Å². The molecule has 4 heteroatoms. The van der Waals surface area contributed by atoms with E-state index in [1.807, 2.05) is 5.70 Å². The Morgan fingerprint density at radius 2 is 1.58 bits per heavy atom. The molecule has 0 fully saturated rings. The Hall–Kier alpha value is 0.562. The predicted molar refractivity (Wildman–Crippen MR) is 55.1 cm³/mol. The minimum absolute atomic E-state index is 0. The van der Waals surface area contributed by atoms with Gasteiger partial charge in [-0.1, -0.05) is 5.70 Å². The van der Waals surface area contributed by atoms with Crippen LogP contribution in [0.25, 0.3) is 0 Å². The fourth-order valence-corrected chi connectivity index (χ4v) is 6.78. The van der Waals surface area contributed by atoms with Crippen LogP contribution < -0.4 is 0 Å². The molecule has 0 spiro atoms. The van der Waals surface area contributed by atoms with Crippen LogP contribution in [-0.2, 0) is 25.2 Å². The Kier molecular flexibility index (Phi) is 6.68. The summed E-state index contributed by atoms with van der Waals surface area (Å²) < 4.78 is 5.90. The molecule has 0 aliphatic carbocycles. The van der Waals surface area contributed by atoms with E-state index in [1.165, 1.54) is 0 Å². The number of hydrogen-bond acceptors (Lipinski definition) is 1. The molecule has 0 heterocycles. The summed E-state index contributed by atoms with van der Waals surface area (Å²) in [7, 11) is -3.31. The molecule has 0 saturated heterocycles. The molecule has 0 atom stereocenters. The van der Waals surface area contributed by atoms with E-state index in [0.29, 0.717) is 0 Å². The Morgan fingerprint density at radius 1 is 1.17 bits per heavy atom. The largest absolute Gasteiger partial charge is 0.520 e. The number of hydrogen-bond donors (Lipinski definition) is 0. The standard InChI is InChI=1S/C8H17OSi2.Pt/c1-7-10(3,4)9-11(5,6)8-2;/h1,7-8H,2H2,3-6H3;/q-1;. The molecule has 0 aromatic heterocycles. The Labute approximate surface area is 92.4 Å². The van der Waals surface area contributed by atoms with Crippen LogP contribution in [0.1, 0.15) is 0 Å². The van der Waals surface area contributed by atoms with Crippen molar-refractivity contribution in [1.29, 1.82) is 0 Å². The van der Waals surface area contributed by atoms with Crippen molar-refractivity contribution in [3.63, 3.8) is 0 Å². The van der Waals surface area contributed by atoms with Crippen molar-refractivity contribution in [1.82, 2.24) is 0 Å². The summed E-state index contributed by atoms with van der Waals surface area (Å²) in [5.41, 5.74) is 3.65. The maximum absolute atomic E-state index is 5.90. The van der Waals surface area contributed by atoms with E-state index < -0.39 is 16.6 Å². The third-order valence-electron chi connectivity index (χ3n) is 1.42. The molecule has 0 radical (unpaired) electrons. The molecule has 0 saturated carbocycles. The molecule has 0 bridgehead atoms.